The molecule has 1 saturated carbocycles. The number of benzene rings is 1. The summed E-state index contributed by atoms with van der Waals surface area (Å²) in [5.74, 6) is 1.11. The van der Waals surface area contributed by atoms with Crippen LogP contribution in [0.5, 0.6) is 0 Å². The number of nitrogens with zero attached hydrogens (tertiary/aromatic N) is 5. The van der Waals surface area contributed by atoms with E-state index in [1.54, 1.807) is 4.68 Å². The molecule has 1 saturated heterocycles. The summed E-state index contributed by atoms with van der Waals surface area (Å²) in [6.07, 6.45) is 8.06. The second kappa shape index (κ2) is 5.96. The van der Waals surface area contributed by atoms with Gasteiger partial charge in [0.1, 0.15) is 11.6 Å². The van der Waals surface area contributed by atoms with Crippen molar-refractivity contribution in [2.24, 2.45) is 18.4 Å². The van der Waals surface area contributed by atoms with Crippen molar-refractivity contribution in [2.45, 2.75) is 19.3 Å². The first-order valence-corrected chi connectivity index (χ1v) is 9.46. The number of fused-ring (bicyclic) bond motifs is 1. The lowest BCUT2D eigenvalue weighted by atomic mass is 9.56. The molecule has 2 fully saturated rings. The first kappa shape index (κ1) is 16.6. The molecule has 1 spiro atoms. The molecule has 3 aromatic rings. The minimum atomic E-state index is 0.194. The van der Waals surface area contributed by atoms with Gasteiger partial charge in [-0.2, -0.15) is 5.10 Å². The number of carbonyl (C=O) groups excluding carboxylic acids is 1. The standard InChI is InChI=1S/C21H23N5O/c1-25-12-21(13-25)7-16(8-21)19(27)6-20-22-9-15-4-3-14(5-18(15)24-20)17-10-23-26(2)11-17/h3-5,9-11,16H,6-8,12-13H2,1-2H3. The molecule has 5 rings (SSSR count). The van der Waals surface area contributed by atoms with Gasteiger partial charge in [0.25, 0.3) is 0 Å². The first-order valence-electron chi connectivity index (χ1n) is 9.46. The van der Waals surface area contributed by atoms with E-state index in [0.29, 0.717) is 17.7 Å². The quantitative estimate of drug-likeness (QED) is 0.714. The lowest BCUT2D eigenvalue weighted by Gasteiger charge is -2.58. The van der Waals surface area contributed by atoms with Crippen LogP contribution in [0.15, 0.2) is 36.8 Å². The van der Waals surface area contributed by atoms with E-state index in [2.05, 4.69) is 33.1 Å². The van der Waals surface area contributed by atoms with E-state index in [1.807, 2.05) is 37.8 Å². The van der Waals surface area contributed by atoms with E-state index in [4.69, 9.17) is 0 Å². The van der Waals surface area contributed by atoms with Gasteiger partial charge in [-0.05, 0) is 36.9 Å². The van der Waals surface area contributed by atoms with Crippen LogP contribution in [0.25, 0.3) is 22.0 Å². The zero-order valence-corrected chi connectivity index (χ0v) is 15.7. The van der Waals surface area contributed by atoms with Gasteiger partial charge >= 0.3 is 0 Å². The maximum absolute atomic E-state index is 12.6. The molecule has 0 unspecified atom stereocenters. The summed E-state index contributed by atoms with van der Waals surface area (Å²) in [5.41, 5.74) is 3.43. The Morgan fingerprint density at radius 2 is 2.00 bits per heavy atom. The Hall–Kier alpha value is -2.60. The number of aromatic nitrogens is 4. The normalized spacial score (nSPS) is 19.2. The van der Waals surface area contributed by atoms with Crippen molar-refractivity contribution >= 4 is 16.7 Å². The van der Waals surface area contributed by atoms with Crippen LogP contribution in [0.3, 0.4) is 0 Å². The van der Waals surface area contributed by atoms with Crippen LogP contribution in [0.2, 0.25) is 0 Å². The second-order valence-electron chi connectivity index (χ2n) is 8.38. The third kappa shape index (κ3) is 2.94. The van der Waals surface area contributed by atoms with Crippen LogP contribution in [0.4, 0.5) is 0 Å². The third-order valence-corrected chi connectivity index (χ3v) is 6.03. The summed E-state index contributed by atoms with van der Waals surface area (Å²) in [4.78, 5) is 24.0. The van der Waals surface area contributed by atoms with Crippen molar-refractivity contribution in [1.29, 1.82) is 0 Å². The van der Waals surface area contributed by atoms with E-state index in [1.165, 1.54) is 0 Å². The number of carbonyl (C=O) groups is 1. The van der Waals surface area contributed by atoms with Crippen LogP contribution < -0.4 is 0 Å². The van der Waals surface area contributed by atoms with Crippen LogP contribution in [0, 0.1) is 11.3 Å². The maximum Gasteiger partial charge on any atom is 0.143 e. The number of likely N-dealkylation sites (tertiary alicyclic amines) is 1. The molecule has 6 nitrogen and oxygen atoms in total. The fraction of sp³-hybridized carbons (Fsp3) is 0.429. The van der Waals surface area contributed by atoms with E-state index < -0.39 is 0 Å². The van der Waals surface area contributed by atoms with Gasteiger partial charge in [-0.25, -0.2) is 9.97 Å². The SMILES string of the molecule is CN1CC2(CC(C(=O)Cc3ncc4ccc(-c5cnn(C)c5)cc4n3)C2)C1. The molecule has 0 atom stereocenters. The first-order chi connectivity index (χ1) is 13.0. The van der Waals surface area contributed by atoms with Gasteiger partial charge < -0.3 is 4.90 Å². The molecule has 3 heterocycles. The monoisotopic (exact) mass is 361 g/mol. The number of ketones is 1. The molecule has 1 aliphatic heterocycles. The van der Waals surface area contributed by atoms with Gasteiger partial charge in [-0.3, -0.25) is 9.48 Å². The van der Waals surface area contributed by atoms with Gasteiger partial charge in [0, 0.05) is 49.4 Å². The van der Waals surface area contributed by atoms with Crippen LogP contribution in [-0.2, 0) is 18.3 Å². The number of Topliss-reactive ketones (excluding diaryl/α,β-unsaturated/α-hetero) is 1. The highest BCUT2D eigenvalue weighted by atomic mass is 16.1. The van der Waals surface area contributed by atoms with Gasteiger partial charge in [0.05, 0.1) is 18.1 Å². The molecule has 0 radical (unpaired) electrons. The molecule has 2 aliphatic rings. The Balaban J connectivity index is 1.32. The van der Waals surface area contributed by atoms with Gasteiger partial charge in [-0.1, -0.05) is 12.1 Å². The fourth-order valence-electron chi connectivity index (χ4n) is 4.77. The number of aryl methyl sites for hydroxylation is 1. The summed E-state index contributed by atoms with van der Waals surface area (Å²) in [6, 6.07) is 6.12. The van der Waals surface area contributed by atoms with Crippen LogP contribution in [0.1, 0.15) is 18.7 Å². The van der Waals surface area contributed by atoms with Crippen molar-refractivity contribution in [2.75, 3.05) is 20.1 Å². The van der Waals surface area contributed by atoms with E-state index in [0.717, 1.165) is 48.0 Å². The second-order valence-corrected chi connectivity index (χ2v) is 8.38. The van der Waals surface area contributed by atoms with Crippen molar-refractivity contribution in [3.05, 3.63) is 42.6 Å². The number of rotatable bonds is 4. The minimum Gasteiger partial charge on any atom is -0.305 e. The predicted molar refractivity (Wildman–Crippen MR) is 103 cm³/mol. The lowest BCUT2D eigenvalue weighted by molar-refractivity contribution is -0.139. The summed E-state index contributed by atoms with van der Waals surface area (Å²) < 4.78 is 1.79. The van der Waals surface area contributed by atoms with E-state index in [-0.39, 0.29) is 11.7 Å². The molecule has 6 heteroatoms. The summed E-state index contributed by atoms with van der Waals surface area (Å²) in [5, 5.41) is 5.21. The predicted octanol–water partition coefficient (Wildman–Crippen LogP) is 2.48. The van der Waals surface area contributed by atoms with Crippen molar-refractivity contribution in [3.8, 4) is 11.1 Å². The summed E-state index contributed by atoms with van der Waals surface area (Å²) in [7, 11) is 4.05. The maximum atomic E-state index is 12.6. The smallest absolute Gasteiger partial charge is 0.143 e. The van der Waals surface area contributed by atoms with E-state index in [9.17, 15) is 4.79 Å². The molecule has 0 amide bonds. The topological polar surface area (TPSA) is 63.9 Å². The average molecular weight is 361 g/mol. The Morgan fingerprint density at radius 1 is 1.19 bits per heavy atom. The Kier molecular flexibility index (Phi) is 3.65. The molecule has 27 heavy (non-hydrogen) atoms. The highest BCUT2D eigenvalue weighted by molar-refractivity contribution is 5.86. The Labute approximate surface area is 158 Å². The third-order valence-electron chi connectivity index (χ3n) is 6.03. The summed E-state index contributed by atoms with van der Waals surface area (Å²) in [6.45, 7) is 2.28. The molecule has 138 valence electrons. The highest BCUT2D eigenvalue weighted by Gasteiger charge is 2.52. The zero-order chi connectivity index (χ0) is 18.6. The molecule has 0 N–H and O–H groups in total. The average Bonchev–Trinajstić information content (AvgIpc) is 3.02. The Bertz CT molecular complexity index is 1030. The molecule has 2 aromatic heterocycles. The number of hydrogen-bond donors (Lipinski definition) is 0. The van der Waals surface area contributed by atoms with Gasteiger partial charge in [0.2, 0.25) is 0 Å². The zero-order valence-electron chi connectivity index (χ0n) is 15.7. The highest BCUT2D eigenvalue weighted by Crippen LogP contribution is 2.51. The van der Waals surface area contributed by atoms with Crippen molar-refractivity contribution < 1.29 is 4.79 Å². The minimum absolute atomic E-state index is 0.194. The van der Waals surface area contributed by atoms with Crippen LogP contribution in [-0.4, -0.2) is 50.6 Å². The molecule has 0 bridgehead atoms. The lowest BCUT2D eigenvalue weighted by Crippen LogP contribution is -2.61. The molecular weight excluding hydrogens is 338 g/mol. The van der Waals surface area contributed by atoms with Crippen LogP contribution >= 0.6 is 0 Å². The fourth-order valence-corrected chi connectivity index (χ4v) is 4.77. The Morgan fingerprint density at radius 3 is 2.70 bits per heavy atom. The largest absolute Gasteiger partial charge is 0.305 e. The summed E-state index contributed by atoms with van der Waals surface area (Å²) >= 11 is 0. The molecular formula is C21H23N5O. The van der Waals surface area contributed by atoms with Crippen molar-refractivity contribution in [3.63, 3.8) is 0 Å². The van der Waals surface area contributed by atoms with Gasteiger partial charge in [-0.15, -0.1) is 0 Å². The number of hydrogen-bond acceptors (Lipinski definition) is 5. The van der Waals surface area contributed by atoms with E-state index >= 15 is 0 Å². The van der Waals surface area contributed by atoms with Crippen molar-refractivity contribution in [1.82, 2.24) is 24.6 Å². The van der Waals surface area contributed by atoms with Gasteiger partial charge in [0.15, 0.2) is 0 Å². The molecule has 1 aliphatic carbocycles. The molecule has 1 aromatic carbocycles.